The zero-order chi connectivity index (χ0) is 21.0. The lowest BCUT2D eigenvalue weighted by molar-refractivity contribution is -0.132. The van der Waals surface area contributed by atoms with E-state index in [1.54, 1.807) is 6.07 Å². The first-order chi connectivity index (χ1) is 13.9. The van der Waals surface area contributed by atoms with Gasteiger partial charge in [0.2, 0.25) is 5.91 Å². The van der Waals surface area contributed by atoms with Gasteiger partial charge in [-0.3, -0.25) is 9.59 Å². The molecule has 5 nitrogen and oxygen atoms in total. The van der Waals surface area contributed by atoms with Gasteiger partial charge in [0.15, 0.2) is 0 Å². The van der Waals surface area contributed by atoms with E-state index in [2.05, 4.69) is 31.3 Å². The average molecular weight is 430 g/mol. The van der Waals surface area contributed by atoms with E-state index in [1.807, 2.05) is 48.2 Å². The van der Waals surface area contributed by atoms with Crippen molar-refractivity contribution in [2.75, 3.05) is 13.1 Å². The van der Waals surface area contributed by atoms with Crippen LogP contribution in [0.25, 0.3) is 0 Å². The van der Waals surface area contributed by atoms with Gasteiger partial charge in [-0.25, -0.2) is 0 Å². The third-order valence-corrected chi connectivity index (χ3v) is 5.60. The number of hydrogen-bond acceptors (Lipinski definition) is 3. The Bertz CT molecular complexity index is 857. The highest BCUT2D eigenvalue weighted by Gasteiger charge is 2.37. The Kier molecular flexibility index (Phi) is 8.44. The van der Waals surface area contributed by atoms with E-state index >= 15 is 0 Å². The number of carbonyl (C=O) groups is 2. The Morgan fingerprint density at radius 1 is 1.07 bits per heavy atom. The molecule has 2 amide bonds. The molecule has 1 aliphatic rings. The van der Waals surface area contributed by atoms with Gasteiger partial charge in [0.25, 0.3) is 5.91 Å². The molecule has 0 aliphatic carbocycles. The Hall–Kier alpha value is -2.37. The van der Waals surface area contributed by atoms with Gasteiger partial charge < -0.3 is 16.0 Å². The first kappa shape index (κ1) is 23.9. The fourth-order valence-electron chi connectivity index (χ4n) is 4.04. The predicted molar refractivity (Wildman–Crippen MR) is 123 cm³/mol. The van der Waals surface area contributed by atoms with Crippen molar-refractivity contribution >= 4 is 24.2 Å². The molecule has 1 saturated heterocycles. The lowest BCUT2D eigenvalue weighted by Gasteiger charge is -2.26. The van der Waals surface area contributed by atoms with Crippen LogP contribution in [0.4, 0.5) is 0 Å². The number of likely N-dealkylation sites (tertiary alicyclic amines) is 1. The summed E-state index contributed by atoms with van der Waals surface area (Å²) in [6.07, 6.45) is 0.595. The van der Waals surface area contributed by atoms with Gasteiger partial charge in [-0.1, -0.05) is 62.4 Å². The Morgan fingerprint density at radius 2 is 1.70 bits per heavy atom. The summed E-state index contributed by atoms with van der Waals surface area (Å²) in [5, 5.41) is 2.98. The van der Waals surface area contributed by atoms with Crippen LogP contribution < -0.4 is 11.1 Å². The van der Waals surface area contributed by atoms with Crippen molar-refractivity contribution in [1.29, 1.82) is 0 Å². The van der Waals surface area contributed by atoms with Crippen LogP contribution in [0.5, 0.6) is 0 Å². The van der Waals surface area contributed by atoms with Crippen molar-refractivity contribution in [3.05, 3.63) is 71.3 Å². The van der Waals surface area contributed by atoms with Crippen molar-refractivity contribution in [1.82, 2.24) is 10.2 Å². The second-order valence-corrected chi connectivity index (χ2v) is 8.39. The molecule has 0 bridgehead atoms. The van der Waals surface area contributed by atoms with Crippen molar-refractivity contribution in [2.24, 2.45) is 11.7 Å². The molecule has 3 atom stereocenters. The largest absolute Gasteiger partial charge is 0.340 e. The smallest absolute Gasteiger partial charge is 0.252 e. The van der Waals surface area contributed by atoms with Gasteiger partial charge in [-0.2, -0.15) is 0 Å². The molecule has 3 N–H and O–H groups in total. The molecule has 30 heavy (non-hydrogen) atoms. The topological polar surface area (TPSA) is 75.4 Å². The van der Waals surface area contributed by atoms with E-state index in [9.17, 15) is 9.59 Å². The number of nitrogens with one attached hydrogen (secondary N) is 1. The minimum atomic E-state index is -0.552. The number of hydrogen-bond donors (Lipinski definition) is 2. The number of carbonyl (C=O) groups excluding carboxylic acids is 2. The minimum Gasteiger partial charge on any atom is -0.340 e. The Morgan fingerprint density at radius 3 is 2.33 bits per heavy atom. The maximum atomic E-state index is 13.3. The van der Waals surface area contributed by atoms with Crippen LogP contribution >= 0.6 is 12.4 Å². The fraction of sp³-hybridized carbons (Fsp3) is 0.417. The van der Waals surface area contributed by atoms with Crippen LogP contribution in [0.1, 0.15) is 47.7 Å². The van der Waals surface area contributed by atoms with E-state index < -0.39 is 6.04 Å². The summed E-state index contributed by atoms with van der Waals surface area (Å²) in [4.78, 5) is 27.9. The maximum Gasteiger partial charge on any atom is 0.252 e. The summed E-state index contributed by atoms with van der Waals surface area (Å²) < 4.78 is 0. The molecule has 0 radical (unpaired) electrons. The first-order valence-electron chi connectivity index (χ1n) is 10.3. The van der Waals surface area contributed by atoms with Gasteiger partial charge in [-0.15, -0.1) is 12.4 Å². The molecule has 1 aliphatic heterocycles. The molecule has 2 aromatic carbocycles. The second-order valence-electron chi connectivity index (χ2n) is 8.39. The van der Waals surface area contributed by atoms with Crippen LogP contribution in [0.15, 0.2) is 54.6 Å². The zero-order valence-electron chi connectivity index (χ0n) is 17.9. The summed E-state index contributed by atoms with van der Waals surface area (Å²) in [5.41, 5.74) is 9.03. The Balaban J connectivity index is 0.00000320. The number of benzene rings is 2. The molecule has 6 heteroatoms. The van der Waals surface area contributed by atoms with Gasteiger partial charge >= 0.3 is 0 Å². The van der Waals surface area contributed by atoms with Crippen LogP contribution in [0.2, 0.25) is 0 Å². The standard InChI is InChI=1S/C24H31N3O2.ClH/c1-16(2)13-22(26-23(28)19-12-8-7-9-17(19)3)24(29)27-14-20(21(25)15-27)18-10-5-4-6-11-18;/h4-12,16,20-22H,13-15,25H2,1-3H3,(H,26,28);1H/t20-,21+,22?;/m0./s1. The lowest BCUT2D eigenvalue weighted by atomic mass is 9.95. The molecule has 0 saturated carbocycles. The van der Waals surface area contributed by atoms with Crippen LogP contribution in [-0.2, 0) is 4.79 Å². The number of nitrogens with zero attached hydrogens (tertiary/aromatic N) is 1. The maximum absolute atomic E-state index is 13.3. The van der Waals surface area contributed by atoms with Crippen LogP contribution in [-0.4, -0.2) is 41.9 Å². The van der Waals surface area contributed by atoms with Crippen molar-refractivity contribution in [3.63, 3.8) is 0 Å². The van der Waals surface area contributed by atoms with Gasteiger partial charge in [0.1, 0.15) is 6.04 Å². The minimum absolute atomic E-state index is 0. The van der Waals surface area contributed by atoms with E-state index in [4.69, 9.17) is 5.73 Å². The molecule has 1 fully saturated rings. The zero-order valence-corrected chi connectivity index (χ0v) is 18.7. The van der Waals surface area contributed by atoms with Crippen molar-refractivity contribution in [2.45, 2.75) is 45.2 Å². The van der Waals surface area contributed by atoms with Crippen LogP contribution in [0, 0.1) is 12.8 Å². The van der Waals surface area contributed by atoms with E-state index in [-0.39, 0.29) is 42.1 Å². The van der Waals surface area contributed by atoms with E-state index in [0.717, 1.165) is 11.1 Å². The number of rotatable bonds is 6. The highest BCUT2D eigenvalue weighted by Crippen LogP contribution is 2.27. The fourth-order valence-corrected chi connectivity index (χ4v) is 4.04. The molecule has 2 aromatic rings. The predicted octanol–water partition coefficient (Wildman–Crippen LogP) is 3.51. The quantitative estimate of drug-likeness (QED) is 0.737. The first-order valence-corrected chi connectivity index (χ1v) is 10.3. The molecular weight excluding hydrogens is 398 g/mol. The molecule has 0 spiro atoms. The molecule has 162 valence electrons. The number of nitrogens with two attached hydrogens (primary N) is 1. The monoisotopic (exact) mass is 429 g/mol. The number of amides is 2. The van der Waals surface area contributed by atoms with Gasteiger partial charge in [0.05, 0.1) is 0 Å². The molecule has 0 aromatic heterocycles. The van der Waals surface area contributed by atoms with Gasteiger partial charge in [-0.05, 0) is 36.5 Å². The van der Waals surface area contributed by atoms with E-state index in [1.165, 1.54) is 0 Å². The number of halogens is 1. The highest BCUT2D eigenvalue weighted by atomic mass is 35.5. The van der Waals surface area contributed by atoms with Gasteiger partial charge in [0, 0.05) is 30.6 Å². The van der Waals surface area contributed by atoms with Crippen molar-refractivity contribution < 1.29 is 9.59 Å². The lowest BCUT2D eigenvalue weighted by Crippen LogP contribution is -2.49. The third kappa shape index (κ3) is 5.61. The normalized spacial score (nSPS) is 19.3. The molecule has 1 unspecified atom stereocenters. The molecule has 1 heterocycles. The second kappa shape index (κ2) is 10.6. The summed E-state index contributed by atoms with van der Waals surface area (Å²) in [6.45, 7) is 7.11. The Labute approximate surface area is 185 Å². The summed E-state index contributed by atoms with van der Waals surface area (Å²) in [6, 6.07) is 16.9. The van der Waals surface area contributed by atoms with Crippen molar-refractivity contribution in [3.8, 4) is 0 Å². The van der Waals surface area contributed by atoms with E-state index in [0.29, 0.717) is 25.1 Å². The van der Waals surface area contributed by atoms with Crippen LogP contribution in [0.3, 0.4) is 0 Å². The summed E-state index contributed by atoms with van der Waals surface area (Å²) in [5.74, 6) is 0.147. The average Bonchev–Trinajstić information content (AvgIpc) is 3.09. The number of aryl methyl sites for hydroxylation is 1. The highest BCUT2D eigenvalue weighted by molar-refractivity contribution is 5.98. The SMILES string of the molecule is Cc1ccccc1C(=O)NC(CC(C)C)C(=O)N1C[C@@H](N)[C@H](c2ccccc2)C1.Cl. The molecule has 3 rings (SSSR count). The molecular formula is C24H32ClN3O2. The third-order valence-electron chi connectivity index (χ3n) is 5.60. The summed E-state index contributed by atoms with van der Waals surface area (Å²) in [7, 11) is 0. The summed E-state index contributed by atoms with van der Waals surface area (Å²) >= 11 is 0.